The van der Waals surface area contributed by atoms with E-state index in [-0.39, 0.29) is 5.91 Å². The fraction of sp³-hybridized carbons (Fsp3) is 0.421. The van der Waals surface area contributed by atoms with Gasteiger partial charge in [0.2, 0.25) is 0 Å². The van der Waals surface area contributed by atoms with Crippen molar-refractivity contribution in [3.8, 4) is 11.3 Å². The molecule has 1 saturated heterocycles. The molecule has 3 aromatic rings. The first kappa shape index (κ1) is 18.1. The van der Waals surface area contributed by atoms with Crippen molar-refractivity contribution in [3.05, 3.63) is 42.0 Å². The normalized spacial score (nSPS) is 14.9. The summed E-state index contributed by atoms with van der Waals surface area (Å²) in [5.74, 6) is 0.848. The van der Waals surface area contributed by atoms with E-state index < -0.39 is 0 Å². The van der Waals surface area contributed by atoms with Gasteiger partial charge < -0.3 is 9.80 Å². The second-order valence-corrected chi connectivity index (χ2v) is 6.91. The first-order valence-corrected chi connectivity index (χ1v) is 9.56. The van der Waals surface area contributed by atoms with Gasteiger partial charge >= 0.3 is 0 Å². The summed E-state index contributed by atoms with van der Waals surface area (Å²) in [6.45, 7) is 7.64. The van der Waals surface area contributed by atoms with E-state index in [1.54, 1.807) is 12.4 Å². The SMILES string of the molecule is CCn1cc(-c2[nH]ncc2C(=O)N2CCCN(c3ccc(C)nn3)CC2)cn1. The lowest BCUT2D eigenvalue weighted by atomic mass is 10.1. The van der Waals surface area contributed by atoms with Gasteiger partial charge in [-0.15, -0.1) is 5.10 Å². The van der Waals surface area contributed by atoms with Gasteiger partial charge in [-0.2, -0.15) is 15.3 Å². The van der Waals surface area contributed by atoms with Crippen molar-refractivity contribution < 1.29 is 4.79 Å². The highest BCUT2D eigenvalue weighted by molar-refractivity contribution is 5.99. The van der Waals surface area contributed by atoms with Gasteiger partial charge in [0, 0.05) is 44.5 Å². The number of carbonyl (C=O) groups is 1. The fourth-order valence-corrected chi connectivity index (χ4v) is 3.41. The molecule has 0 atom stereocenters. The summed E-state index contributed by atoms with van der Waals surface area (Å²) < 4.78 is 1.83. The molecule has 28 heavy (non-hydrogen) atoms. The highest BCUT2D eigenvalue weighted by Gasteiger charge is 2.25. The van der Waals surface area contributed by atoms with E-state index >= 15 is 0 Å². The van der Waals surface area contributed by atoms with Crippen molar-refractivity contribution in [2.75, 3.05) is 31.1 Å². The Balaban J connectivity index is 1.49. The summed E-state index contributed by atoms with van der Waals surface area (Å²) in [6, 6.07) is 3.95. The largest absolute Gasteiger partial charge is 0.353 e. The quantitative estimate of drug-likeness (QED) is 0.741. The van der Waals surface area contributed by atoms with Crippen LogP contribution in [0.5, 0.6) is 0 Å². The number of hydrogen-bond donors (Lipinski definition) is 1. The zero-order valence-corrected chi connectivity index (χ0v) is 16.2. The van der Waals surface area contributed by atoms with Crippen molar-refractivity contribution in [2.45, 2.75) is 26.8 Å². The summed E-state index contributed by atoms with van der Waals surface area (Å²) in [7, 11) is 0. The van der Waals surface area contributed by atoms with E-state index in [0.29, 0.717) is 18.7 Å². The first-order valence-electron chi connectivity index (χ1n) is 9.56. The Bertz CT molecular complexity index is 945. The number of aromatic nitrogens is 6. The van der Waals surface area contributed by atoms with Gasteiger partial charge in [-0.1, -0.05) is 0 Å². The number of nitrogens with one attached hydrogen (secondary N) is 1. The van der Waals surface area contributed by atoms with Crippen molar-refractivity contribution in [2.24, 2.45) is 0 Å². The summed E-state index contributed by atoms with van der Waals surface area (Å²) in [5.41, 5.74) is 3.07. The van der Waals surface area contributed by atoms with Gasteiger partial charge in [0.05, 0.1) is 29.3 Å². The molecule has 1 N–H and O–H groups in total. The predicted octanol–water partition coefficient (Wildman–Crippen LogP) is 1.74. The highest BCUT2D eigenvalue weighted by Crippen LogP contribution is 2.23. The number of rotatable bonds is 4. The van der Waals surface area contributed by atoms with E-state index in [2.05, 4.69) is 30.4 Å². The first-order chi connectivity index (χ1) is 13.7. The maximum atomic E-state index is 13.2. The lowest BCUT2D eigenvalue weighted by molar-refractivity contribution is 0.0768. The van der Waals surface area contributed by atoms with Crippen LogP contribution in [0.1, 0.15) is 29.4 Å². The van der Waals surface area contributed by atoms with Crippen LogP contribution in [-0.4, -0.2) is 67.2 Å². The smallest absolute Gasteiger partial charge is 0.257 e. The summed E-state index contributed by atoms with van der Waals surface area (Å²) >= 11 is 0. The molecule has 1 fully saturated rings. The molecule has 146 valence electrons. The number of nitrogens with zero attached hydrogens (tertiary/aromatic N) is 7. The van der Waals surface area contributed by atoms with Crippen molar-refractivity contribution in [1.82, 2.24) is 35.1 Å². The number of aromatic amines is 1. The average molecular weight is 380 g/mol. The number of aryl methyl sites for hydroxylation is 2. The number of amides is 1. The predicted molar refractivity (Wildman–Crippen MR) is 105 cm³/mol. The second kappa shape index (κ2) is 7.79. The third-order valence-electron chi connectivity index (χ3n) is 5.01. The lowest BCUT2D eigenvalue weighted by Crippen LogP contribution is -2.35. The van der Waals surface area contributed by atoms with E-state index in [1.807, 2.05) is 41.8 Å². The third kappa shape index (κ3) is 3.60. The topological polar surface area (TPSA) is 95.8 Å². The maximum Gasteiger partial charge on any atom is 0.257 e. The van der Waals surface area contributed by atoms with Crippen molar-refractivity contribution in [3.63, 3.8) is 0 Å². The summed E-state index contributed by atoms with van der Waals surface area (Å²) in [4.78, 5) is 17.2. The molecule has 9 heteroatoms. The molecule has 0 aliphatic carbocycles. The minimum atomic E-state index is -0.00941. The van der Waals surface area contributed by atoms with E-state index in [9.17, 15) is 4.79 Å². The molecule has 4 rings (SSSR count). The molecule has 0 spiro atoms. The zero-order valence-electron chi connectivity index (χ0n) is 16.2. The summed E-state index contributed by atoms with van der Waals surface area (Å²) in [5, 5.41) is 19.8. The Morgan fingerprint density at radius 1 is 1.14 bits per heavy atom. The van der Waals surface area contributed by atoms with Gasteiger partial charge in [-0.3, -0.25) is 14.6 Å². The van der Waals surface area contributed by atoms with Crippen LogP contribution >= 0.6 is 0 Å². The Labute approximate surface area is 163 Å². The number of H-pyrrole nitrogens is 1. The molecule has 0 aromatic carbocycles. The van der Waals surface area contributed by atoms with Gasteiger partial charge in [-0.25, -0.2) is 0 Å². The average Bonchev–Trinajstić information content (AvgIpc) is 3.32. The molecule has 0 radical (unpaired) electrons. The van der Waals surface area contributed by atoms with Crippen LogP contribution in [0.4, 0.5) is 5.82 Å². The van der Waals surface area contributed by atoms with Crippen LogP contribution in [0, 0.1) is 6.92 Å². The third-order valence-corrected chi connectivity index (χ3v) is 5.01. The van der Waals surface area contributed by atoms with Gasteiger partial charge in [-0.05, 0) is 32.4 Å². The zero-order chi connectivity index (χ0) is 19.5. The molecule has 0 saturated carbocycles. The Hall–Kier alpha value is -3.23. The van der Waals surface area contributed by atoms with Gasteiger partial charge in [0.15, 0.2) is 5.82 Å². The minimum Gasteiger partial charge on any atom is -0.353 e. The maximum absolute atomic E-state index is 13.2. The molecule has 4 heterocycles. The lowest BCUT2D eigenvalue weighted by Gasteiger charge is -2.22. The molecule has 0 bridgehead atoms. The van der Waals surface area contributed by atoms with Crippen LogP contribution in [0.3, 0.4) is 0 Å². The van der Waals surface area contributed by atoms with E-state index in [1.165, 1.54) is 0 Å². The standard InChI is InChI=1S/C19H24N8O/c1-3-27-13-15(11-21-27)18-16(12-20-24-18)19(28)26-8-4-7-25(9-10-26)17-6-5-14(2)22-23-17/h5-6,11-13H,3-4,7-10H2,1-2H3,(H,20,24). The van der Waals surface area contributed by atoms with E-state index in [4.69, 9.17) is 0 Å². The monoisotopic (exact) mass is 380 g/mol. The Morgan fingerprint density at radius 2 is 2.04 bits per heavy atom. The van der Waals surface area contributed by atoms with Crippen LogP contribution < -0.4 is 4.90 Å². The van der Waals surface area contributed by atoms with Gasteiger partial charge in [0.1, 0.15) is 0 Å². The van der Waals surface area contributed by atoms with Crippen LogP contribution in [-0.2, 0) is 6.54 Å². The minimum absolute atomic E-state index is 0.00941. The van der Waals surface area contributed by atoms with Crippen LogP contribution in [0.25, 0.3) is 11.3 Å². The molecule has 9 nitrogen and oxygen atoms in total. The number of anilines is 1. The van der Waals surface area contributed by atoms with Crippen LogP contribution in [0.15, 0.2) is 30.7 Å². The number of hydrogen-bond acceptors (Lipinski definition) is 6. The van der Waals surface area contributed by atoms with Crippen molar-refractivity contribution in [1.29, 1.82) is 0 Å². The molecule has 0 unspecified atom stereocenters. The molecule has 1 aliphatic heterocycles. The molecular weight excluding hydrogens is 356 g/mol. The Kier molecular flexibility index (Phi) is 5.05. The summed E-state index contributed by atoms with van der Waals surface area (Å²) in [6.07, 6.45) is 6.16. The number of carbonyl (C=O) groups excluding carboxylic acids is 1. The molecule has 1 amide bonds. The fourth-order valence-electron chi connectivity index (χ4n) is 3.41. The van der Waals surface area contributed by atoms with E-state index in [0.717, 1.165) is 48.8 Å². The molecular formula is C19H24N8O. The molecule has 1 aliphatic rings. The molecule has 3 aromatic heterocycles. The van der Waals surface area contributed by atoms with Gasteiger partial charge in [0.25, 0.3) is 5.91 Å². The Morgan fingerprint density at radius 3 is 2.79 bits per heavy atom. The van der Waals surface area contributed by atoms with Crippen molar-refractivity contribution >= 4 is 11.7 Å². The second-order valence-electron chi connectivity index (χ2n) is 6.91. The van der Waals surface area contributed by atoms with Crippen LogP contribution in [0.2, 0.25) is 0 Å². The highest BCUT2D eigenvalue weighted by atomic mass is 16.2.